The van der Waals surface area contributed by atoms with Gasteiger partial charge < -0.3 is 9.84 Å². The van der Waals surface area contributed by atoms with Gasteiger partial charge in [0.2, 0.25) is 0 Å². The number of ether oxygens (including phenoxy) is 1. The van der Waals surface area contributed by atoms with Crippen LogP contribution in [0.1, 0.15) is 25.3 Å². The Hall–Kier alpha value is -1.13. The lowest BCUT2D eigenvalue weighted by atomic mass is 9.92. The average Bonchev–Trinajstić information content (AvgIpc) is 2.82. The quantitative estimate of drug-likeness (QED) is 0.921. The topological polar surface area (TPSA) is 32.7 Å². The lowest BCUT2D eigenvalue weighted by Gasteiger charge is -2.36. The summed E-state index contributed by atoms with van der Waals surface area (Å²) in [6, 6.07) is 4.75. The first-order valence-electron chi connectivity index (χ1n) is 7.51. The molecule has 0 aromatic heterocycles. The first-order valence-corrected chi connectivity index (χ1v) is 7.51. The summed E-state index contributed by atoms with van der Waals surface area (Å²) in [7, 11) is 0. The van der Waals surface area contributed by atoms with Crippen LogP contribution >= 0.6 is 0 Å². The third-order valence-corrected chi connectivity index (χ3v) is 4.53. The molecule has 20 heavy (non-hydrogen) atoms. The van der Waals surface area contributed by atoms with Crippen LogP contribution in [0.5, 0.6) is 5.75 Å². The van der Waals surface area contributed by atoms with Gasteiger partial charge in [-0.2, -0.15) is 0 Å². The average molecular weight is 279 g/mol. The number of hydrogen-bond acceptors (Lipinski definition) is 3. The molecule has 0 aliphatic carbocycles. The number of benzene rings is 1. The van der Waals surface area contributed by atoms with Gasteiger partial charge in [0, 0.05) is 31.6 Å². The predicted octanol–water partition coefficient (Wildman–Crippen LogP) is 2.22. The molecule has 110 valence electrons. The lowest BCUT2D eigenvalue weighted by molar-refractivity contribution is 0.0131. The van der Waals surface area contributed by atoms with Crippen molar-refractivity contribution in [2.24, 2.45) is 5.92 Å². The van der Waals surface area contributed by atoms with E-state index in [-0.39, 0.29) is 18.0 Å². The molecular formula is C16H22FNO2. The third-order valence-electron chi connectivity index (χ3n) is 4.53. The summed E-state index contributed by atoms with van der Waals surface area (Å²) in [6.07, 6.45) is 2.58. The molecule has 3 unspecified atom stereocenters. The zero-order chi connectivity index (χ0) is 14.1. The van der Waals surface area contributed by atoms with Crippen LogP contribution in [0, 0.1) is 11.7 Å². The maximum atomic E-state index is 13.2. The number of halogens is 1. The highest BCUT2D eigenvalue weighted by Gasteiger charge is 2.30. The van der Waals surface area contributed by atoms with Crippen molar-refractivity contribution >= 4 is 0 Å². The molecule has 3 atom stereocenters. The zero-order valence-electron chi connectivity index (χ0n) is 11.9. The van der Waals surface area contributed by atoms with Crippen molar-refractivity contribution in [2.75, 3.05) is 19.6 Å². The molecule has 2 aliphatic rings. The van der Waals surface area contributed by atoms with Crippen molar-refractivity contribution in [2.45, 2.75) is 38.4 Å². The fourth-order valence-electron chi connectivity index (χ4n) is 3.34. The van der Waals surface area contributed by atoms with Crippen LogP contribution in [0.4, 0.5) is 4.39 Å². The summed E-state index contributed by atoms with van der Waals surface area (Å²) in [6.45, 7) is 4.84. The van der Waals surface area contributed by atoms with Gasteiger partial charge in [0.05, 0.1) is 6.10 Å². The van der Waals surface area contributed by atoms with Gasteiger partial charge in [0.1, 0.15) is 17.7 Å². The Balaban J connectivity index is 1.58. The summed E-state index contributed by atoms with van der Waals surface area (Å²) in [5.74, 6) is 0.991. The number of likely N-dealkylation sites (tertiary alicyclic amines) is 1. The molecule has 0 radical (unpaired) electrons. The van der Waals surface area contributed by atoms with E-state index in [1.165, 1.54) is 6.07 Å². The molecule has 1 aromatic carbocycles. The van der Waals surface area contributed by atoms with E-state index in [2.05, 4.69) is 11.8 Å². The van der Waals surface area contributed by atoms with Gasteiger partial charge >= 0.3 is 0 Å². The molecular weight excluding hydrogens is 257 g/mol. The van der Waals surface area contributed by atoms with Crippen molar-refractivity contribution in [3.05, 3.63) is 29.6 Å². The molecule has 0 bridgehead atoms. The molecule has 0 saturated carbocycles. The van der Waals surface area contributed by atoms with Crippen molar-refractivity contribution in [3.8, 4) is 5.75 Å². The molecule has 3 nitrogen and oxygen atoms in total. The van der Waals surface area contributed by atoms with Gasteiger partial charge in [-0.05, 0) is 37.0 Å². The summed E-state index contributed by atoms with van der Waals surface area (Å²) >= 11 is 0. The fraction of sp³-hybridized carbons (Fsp3) is 0.625. The van der Waals surface area contributed by atoms with Crippen molar-refractivity contribution in [1.29, 1.82) is 0 Å². The van der Waals surface area contributed by atoms with E-state index in [9.17, 15) is 9.50 Å². The number of nitrogens with zero attached hydrogens (tertiary/aromatic N) is 1. The Morgan fingerprint density at radius 3 is 3.10 bits per heavy atom. The van der Waals surface area contributed by atoms with Gasteiger partial charge in [-0.25, -0.2) is 4.39 Å². The van der Waals surface area contributed by atoms with Gasteiger partial charge in [0.25, 0.3) is 0 Å². The lowest BCUT2D eigenvalue weighted by Crippen LogP contribution is -2.46. The summed E-state index contributed by atoms with van der Waals surface area (Å²) in [5.41, 5.74) is 0.971. The number of piperidine rings is 1. The Kier molecular flexibility index (Phi) is 3.94. The van der Waals surface area contributed by atoms with Crippen LogP contribution in [0.25, 0.3) is 0 Å². The largest absolute Gasteiger partial charge is 0.488 e. The molecule has 2 aliphatic heterocycles. The summed E-state index contributed by atoms with van der Waals surface area (Å²) in [4.78, 5) is 2.37. The van der Waals surface area contributed by atoms with Crippen molar-refractivity contribution in [3.63, 3.8) is 0 Å². The second kappa shape index (κ2) is 5.70. The molecule has 1 fully saturated rings. The fourth-order valence-corrected chi connectivity index (χ4v) is 3.34. The molecule has 4 heteroatoms. The van der Waals surface area contributed by atoms with Gasteiger partial charge in [-0.3, -0.25) is 4.90 Å². The van der Waals surface area contributed by atoms with Crippen LogP contribution < -0.4 is 4.74 Å². The number of hydrogen-bond donors (Lipinski definition) is 1. The van der Waals surface area contributed by atoms with E-state index in [0.29, 0.717) is 5.92 Å². The molecule has 3 rings (SSSR count). The van der Waals surface area contributed by atoms with Gasteiger partial charge in [-0.1, -0.05) is 6.92 Å². The van der Waals surface area contributed by atoms with E-state index in [4.69, 9.17) is 4.74 Å². The van der Waals surface area contributed by atoms with Crippen LogP contribution in [-0.2, 0) is 6.42 Å². The summed E-state index contributed by atoms with van der Waals surface area (Å²) < 4.78 is 19.1. The van der Waals surface area contributed by atoms with Crippen molar-refractivity contribution < 1.29 is 14.2 Å². The SMILES string of the molecule is CCC1CN(CC2Cc3cc(F)ccc3O2)CCC1O. The van der Waals surface area contributed by atoms with E-state index in [0.717, 1.165) is 50.2 Å². The minimum absolute atomic E-state index is 0.111. The van der Waals surface area contributed by atoms with Crippen LogP contribution in [0.2, 0.25) is 0 Å². The Bertz CT molecular complexity index is 480. The maximum absolute atomic E-state index is 13.2. The van der Waals surface area contributed by atoms with Gasteiger partial charge in [-0.15, -0.1) is 0 Å². The van der Waals surface area contributed by atoms with E-state index >= 15 is 0 Å². The van der Waals surface area contributed by atoms with Crippen molar-refractivity contribution in [1.82, 2.24) is 4.90 Å². The maximum Gasteiger partial charge on any atom is 0.123 e. The first-order chi connectivity index (χ1) is 9.65. The minimum atomic E-state index is -0.194. The smallest absolute Gasteiger partial charge is 0.123 e. The standard InChI is InChI=1S/C16H22FNO2/c1-2-11-9-18(6-5-15(11)19)10-14-8-12-7-13(17)3-4-16(12)20-14/h3-4,7,11,14-15,19H,2,5-6,8-10H2,1H3. The van der Waals surface area contributed by atoms with Crippen LogP contribution in [0.15, 0.2) is 18.2 Å². The number of rotatable bonds is 3. The van der Waals surface area contributed by atoms with E-state index in [1.54, 1.807) is 12.1 Å². The Morgan fingerprint density at radius 2 is 2.30 bits per heavy atom. The highest BCUT2D eigenvalue weighted by molar-refractivity contribution is 5.37. The molecule has 1 saturated heterocycles. The monoisotopic (exact) mass is 279 g/mol. The molecule has 2 heterocycles. The normalized spacial score (nSPS) is 30.1. The van der Waals surface area contributed by atoms with Gasteiger partial charge in [0.15, 0.2) is 0 Å². The number of aliphatic hydroxyl groups excluding tert-OH is 1. The second-order valence-corrected chi connectivity index (χ2v) is 5.98. The zero-order valence-corrected chi connectivity index (χ0v) is 11.9. The van der Waals surface area contributed by atoms with Crippen LogP contribution in [0.3, 0.4) is 0 Å². The molecule has 0 spiro atoms. The Morgan fingerprint density at radius 1 is 1.45 bits per heavy atom. The minimum Gasteiger partial charge on any atom is -0.488 e. The molecule has 1 N–H and O–H groups in total. The summed E-state index contributed by atoms with van der Waals surface area (Å²) in [5, 5.41) is 9.92. The third kappa shape index (κ3) is 2.81. The number of fused-ring (bicyclic) bond motifs is 1. The predicted molar refractivity (Wildman–Crippen MR) is 75.4 cm³/mol. The van der Waals surface area contributed by atoms with E-state index in [1.807, 2.05) is 0 Å². The number of aliphatic hydroxyl groups is 1. The highest BCUT2D eigenvalue weighted by atomic mass is 19.1. The first kappa shape index (κ1) is 13.8. The molecule has 1 aromatic rings. The Labute approximate surface area is 119 Å². The van der Waals surface area contributed by atoms with E-state index < -0.39 is 0 Å². The molecule has 0 amide bonds. The highest BCUT2D eigenvalue weighted by Crippen LogP contribution is 2.30. The van der Waals surface area contributed by atoms with Crippen LogP contribution in [-0.4, -0.2) is 41.8 Å². The second-order valence-electron chi connectivity index (χ2n) is 5.98.